The zero-order valence-electron chi connectivity index (χ0n) is 9.56. The lowest BCUT2D eigenvalue weighted by Gasteiger charge is -2.09. The Labute approximate surface area is 110 Å². The molecule has 0 radical (unpaired) electrons. The van der Waals surface area contributed by atoms with Crippen LogP contribution in [-0.4, -0.2) is 10.1 Å². The highest BCUT2D eigenvalue weighted by molar-refractivity contribution is 7.11. The van der Waals surface area contributed by atoms with Crippen LogP contribution in [0.25, 0.3) is 0 Å². The Bertz CT molecular complexity index is 498. The lowest BCUT2D eigenvalue weighted by Crippen LogP contribution is -2.03. The molecule has 0 fully saturated rings. The second kappa shape index (κ2) is 5.63. The first kappa shape index (κ1) is 12.6. The van der Waals surface area contributed by atoms with Crippen LogP contribution in [0.5, 0.6) is 0 Å². The lowest BCUT2D eigenvalue weighted by atomic mass is 10.1. The van der Waals surface area contributed by atoms with Crippen LogP contribution in [0.15, 0.2) is 30.5 Å². The van der Waals surface area contributed by atoms with E-state index in [1.54, 1.807) is 29.7 Å². The Morgan fingerprint density at radius 2 is 2.12 bits per heavy atom. The standard InChI is InChI=1S/C13H14ClNOS/c1-2-9-5-6-10(17-9)8-12(16)13-11(14)4-3-7-15-13/h3-7,12,16H,2,8H2,1H3. The third-order valence-electron chi connectivity index (χ3n) is 2.56. The van der Waals surface area contributed by atoms with Gasteiger partial charge in [0.2, 0.25) is 0 Å². The minimum atomic E-state index is -0.632. The van der Waals surface area contributed by atoms with Crippen molar-refractivity contribution in [3.05, 3.63) is 50.9 Å². The minimum absolute atomic E-state index is 0.521. The first-order valence-corrected chi connectivity index (χ1v) is 6.76. The van der Waals surface area contributed by atoms with E-state index >= 15 is 0 Å². The molecular formula is C13H14ClNOS. The molecule has 0 aliphatic carbocycles. The van der Waals surface area contributed by atoms with Crippen molar-refractivity contribution in [2.24, 2.45) is 0 Å². The summed E-state index contributed by atoms with van der Waals surface area (Å²) in [5, 5.41) is 10.6. The Balaban J connectivity index is 2.11. The van der Waals surface area contributed by atoms with Crippen LogP contribution < -0.4 is 0 Å². The van der Waals surface area contributed by atoms with Gasteiger partial charge in [0.05, 0.1) is 10.7 Å². The fraction of sp³-hybridized carbons (Fsp3) is 0.308. The Morgan fingerprint density at radius 3 is 2.76 bits per heavy atom. The summed E-state index contributed by atoms with van der Waals surface area (Å²) >= 11 is 7.73. The third kappa shape index (κ3) is 3.06. The number of halogens is 1. The van der Waals surface area contributed by atoms with Gasteiger partial charge in [0, 0.05) is 22.4 Å². The average Bonchev–Trinajstić information content (AvgIpc) is 2.77. The molecule has 2 heterocycles. The van der Waals surface area contributed by atoms with Crippen molar-refractivity contribution < 1.29 is 5.11 Å². The molecule has 0 aliphatic rings. The van der Waals surface area contributed by atoms with E-state index in [1.165, 1.54) is 4.88 Å². The summed E-state index contributed by atoms with van der Waals surface area (Å²) in [4.78, 5) is 6.62. The van der Waals surface area contributed by atoms with Gasteiger partial charge in [0.15, 0.2) is 0 Å². The number of aryl methyl sites for hydroxylation is 1. The number of rotatable bonds is 4. The van der Waals surface area contributed by atoms with Gasteiger partial charge in [-0.2, -0.15) is 0 Å². The monoisotopic (exact) mass is 267 g/mol. The Morgan fingerprint density at radius 1 is 1.35 bits per heavy atom. The normalized spacial score (nSPS) is 12.6. The summed E-state index contributed by atoms with van der Waals surface area (Å²) in [5.41, 5.74) is 0.556. The van der Waals surface area contributed by atoms with E-state index < -0.39 is 6.10 Å². The molecular weight excluding hydrogens is 254 g/mol. The zero-order valence-corrected chi connectivity index (χ0v) is 11.1. The number of hydrogen-bond donors (Lipinski definition) is 1. The van der Waals surface area contributed by atoms with E-state index in [4.69, 9.17) is 11.6 Å². The molecule has 0 spiro atoms. The summed E-state index contributed by atoms with van der Waals surface area (Å²) in [7, 11) is 0. The largest absolute Gasteiger partial charge is 0.386 e. The fourth-order valence-electron chi connectivity index (χ4n) is 1.65. The van der Waals surface area contributed by atoms with Gasteiger partial charge in [-0.15, -0.1) is 11.3 Å². The molecule has 0 amide bonds. The SMILES string of the molecule is CCc1ccc(CC(O)c2ncccc2Cl)s1. The molecule has 0 aliphatic heterocycles. The predicted octanol–water partition coefficient (Wildman–Crippen LogP) is 3.64. The number of aliphatic hydroxyl groups excluding tert-OH is 1. The maximum atomic E-state index is 10.1. The van der Waals surface area contributed by atoms with Crippen molar-refractivity contribution in [2.45, 2.75) is 25.9 Å². The highest BCUT2D eigenvalue weighted by atomic mass is 35.5. The minimum Gasteiger partial charge on any atom is -0.386 e. The average molecular weight is 268 g/mol. The summed E-state index contributed by atoms with van der Waals surface area (Å²) in [6, 6.07) is 7.67. The van der Waals surface area contributed by atoms with Gasteiger partial charge in [-0.3, -0.25) is 4.98 Å². The van der Waals surface area contributed by atoms with Crippen LogP contribution in [0, 0.1) is 0 Å². The molecule has 1 unspecified atom stereocenters. The highest BCUT2D eigenvalue weighted by Gasteiger charge is 2.14. The number of nitrogens with zero attached hydrogens (tertiary/aromatic N) is 1. The topological polar surface area (TPSA) is 33.1 Å². The second-order valence-electron chi connectivity index (χ2n) is 3.81. The van der Waals surface area contributed by atoms with Crippen molar-refractivity contribution in [3.8, 4) is 0 Å². The number of thiophene rings is 1. The maximum Gasteiger partial charge on any atom is 0.102 e. The molecule has 2 nitrogen and oxygen atoms in total. The van der Waals surface area contributed by atoms with Gasteiger partial charge < -0.3 is 5.11 Å². The number of pyridine rings is 1. The van der Waals surface area contributed by atoms with Crippen molar-refractivity contribution in [2.75, 3.05) is 0 Å². The zero-order chi connectivity index (χ0) is 12.3. The smallest absolute Gasteiger partial charge is 0.102 e. The van der Waals surface area contributed by atoms with Gasteiger partial charge in [-0.25, -0.2) is 0 Å². The molecule has 0 aromatic carbocycles. The summed E-state index contributed by atoms with van der Waals surface area (Å²) in [5.74, 6) is 0. The van der Waals surface area contributed by atoms with Crippen molar-refractivity contribution in [3.63, 3.8) is 0 Å². The van der Waals surface area contributed by atoms with Gasteiger partial charge in [-0.1, -0.05) is 18.5 Å². The van der Waals surface area contributed by atoms with E-state index in [2.05, 4.69) is 24.0 Å². The van der Waals surface area contributed by atoms with Crippen LogP contribution in [-0.2, 0) is 12.8 Å². The summed E-state index contributed by atoms with van der Waals surface area (Å²) < 4.78 is 0. The van der Waals surface area contributed by atoms with E-state index in [9.17, 15) is 5.11 Å². The molecule has 0 saturated carbocycles. The van der Waals surface area contributed by atoms with Crippen LogP contribution in [0.2, 0.25) is 5.02 Å². The molecule has 2 rings (SSSR count). The van der Waals surface area contributed by atoms with E-state index in [0.29, 0.717) is 17.1 Å². The first-order chi connectivity index (χ1) is 8.20. The number of hydrogen-bond acceptors (Lipinski definition) is 3. The Kier molecular flexibility index (Phi) is 4.15. The molecule has 1 N–H and O–H groups in total. The second-order valence-corrected chi connectivity index (χ2v) is 5.47. The van der Waals surface area contributed by atoms with Crippen LogP contribution >= 0.6 is 22.9 Å². The molecule has 17 heavy (non-hydrogen) atoms. The Hall–Kier alpha value is -0.900. The first-order valence-electron chi connectivity index (χ1n) is 5.56. The lowest BCUT2D eigenvalue weighted by molar-refractivity contribution is 0.174. The molecule has 2 aromatic heterocycles. The quantitative estimate of drug-likeness (QED) is 0.918. The molecule has 1 atom stereocenters. The number of aliphatic hydroxyl groups is 1. The van der Waals surface area contributed by atoms with Gasteiger partial charge >= 0.3 is 0 Å². The molecule has 0 bridgehead atoms. The predicted molar refractivity (Wildman–Crippen MR) is 71.6 cm³/mol. The van der Waals surface area contributed by atoms with Crippen LogP contribution in [0.1, 0.15) is 28.5 Å². The van der Waals surface area contributed by atoms with E-state index in [1.807, 2.05) is 0 Å². The third-order valence-corrected chi connectivity index (χ3v) is 4.13. The maximum absolute atomic E-state index is 10.1. The van der Waals surface area contributed by atoms with E-state index in [-0.39, 0.29) is 0 Å². The molecule has 0 saturated heterocycles. The summed E-state index contributed by atoms with van der Waals surface area (Å²) in [6.45, 7) is 2.13. The van der Waals surface area contributed by atoms with E-state index in [0.717, 1.165) is 11.3 Å². The van der Waals surface area contributed by atoms with Crippen molar-refractivity contribution >= 4 is 22.9 Å². The molecule has 2 aromatic rings. The molecule has 4 heteroatoms. The van der Waals surface area contributed by atoms with Crippen molar-refractivity contribution in [1.82, 2.24) is 4.98 Å². The summed E-state index contributed by atoms with van der Waals surface area (Å²) in [6.07, 6.45) is 2.62. The van der Waals surface area contributed by atoms with Gasteiger partial charge in [0.1, 0.15) is 6.10 Å². The molecule has 90 valence electrons. The van der Waals surface area contributed by atoms with Crippen LogP contribution in [0.4, 0.5) is 0 Å². The van der Waals surface area contributed by atoms with Crippen molar-refractivity contribution in [1.29, 1.82) is 0 Å². The fourth-order valence-corrected chi connectivity index (χ4v) is 2.89. The van der Waals surface area contributed by atoms with Gasteiger partial charge in [0.25, 0.3) is 0 Å². The van der Waals surface area contributed by atoms with Gasteiger partial charge in [-0.05, 0) is 30.7 Å². The van der Waals surface area contributed by atoms with Crippen LogP contribution in [0.3, 0.4) is 0 Å². The highest BCUT2D eigenvalue weighted by Crippen LogP contribution is 2.26. The number of aromatic nitrogens is 1.